The normalized spacial score (nSPS) is 12.8. The fourth-order valence-corrected chi connectivity index (χ4v) is 1.63. The molecule has 1 aromatic rings. The van der Waals surface area contributed by atoms with E-state index >= 15 is 0 Å². The van der Waals surface area contributed by atoms with Crippen LogP contribution < -0.4 is 5.32 Å². The van der Waals surface area contributed by atoms with Crippen molar-refractivity contribution in [3.8, 4) is 0 Å². The molecular weight excluding hydrogens is 224 g/mol. The molecule has 0 aliphatic heterocycles. The lowest BCUT2D eigenvalue weighted by molar-refractivity contribution is -0.118. The third kappa shape index (κ3) is 4.23. The van der Waals surface area contributed by atoms with Crippen LogP contribution in [0.3, 0.4) is 0 Å². The maximum absolute atomic E-state index is 13.1. The first-order valence-electron chi connectivity index (χ1n) is 5.60. The number of benzene rings is 1. The molecule has 0 saturated carbocycles. The second kappa shape index (κ2) is 5.87. The molecule has 17 heavy (non-hydrogen) atoms. The molecule has 1 rings (SSSR count). The first-order valence-corrected chi connectivity index (χ1v) is 5.60. The molecule has 0 radical (unpaired) electrons. The molecule has 0 aromatic heterocycles. The van der Waals surface area contributed by atoms with Gasteiger partial charge in [0.1, 0.15) is 17.4 Å². The van der Waals surface area contributed by atoms with Crippen LogP contribution in [0.4, 0.5) is 8.78 Å². The minimum absolute atomic E-state index is 0.108. The van der Waals surface area contributed by atoms with Crippen LogP contribution in [0.2, 0.25) is 0 Å². The summed E-state index contributed by atoms with van der Waals surface area (Å²) >= 11 is 0. The van der Waals surface area contributed by atoms with Crippen LogP contribution >= 0.6 is 0 Å². The van der Waals surface area contributed by atoms with E-state index in [1.54, 1.807) is 0 Å². The van der Waals surface area contributed by atoms with Gasteiger partial charge in [0.2, 0.25) is 0 Å². The van der Waals surface area contributed by atoms with Gasteiger partial charge >= 0.3 is 0 Å². The molecule has 1 atom stereocenters. The number of carbonyl (C=O) groups excluding carboxylic acids is 1. The molecule has 0 unspecified atom stereocenters. The van der Waals surface area contributed by atoms with Crippen LogP contribution in [0.15, 0.2) is 18.2 Å². The summed E-state index contributed by atoms with van der Waals surface area (Å²) in [6.07, 6.45) is 0. The Kier molecular flexibility index (Phi) is 4.75. The fraction of sp³-hybridized carbons (Fsp3) is 0.462. The van der Waals surface area contributed by atoms with E-state index in [0.29, 0.717) is 12.1 Å². The van der Waals surface area contributed by atoms with Gasteiger partial charge in [-0.1, -0.05) is 13.8 Å². The molecule has 0 spiro atoms. The number of Topliss-reactive ketones (excluding diaryl/α,β-unsaturated/α-hetero) is 1. The Hall–Kier alpha value is -1.29. The van der Waals surface area contributed by atoms with Crippen molar-refractivity contribution in [2.75, 3.05) is 6.54 Å². The lowest BCUT2D eigenvalue weighted by atomic mass is 9.95. The molecule has 94 valence electrons. The van der Waals surface area contributed by atoms with Gasteiger partial charge in [0.05, 0.1) is 5.92 Å². The van der Waals surface area contributed by atoms with E-state index in [1.807, 2.05) is 13.8 Å². The van der Waals surface area contributed by atoms with Gasteiger partial charge in [-0.3, -0.25) is 4.79 Å². The van der Waals surface area contributed by atoms with E-state index in [9.17, 15) is 13.6 Å². The van der Waals surface area contributed by atoms with E-state index in [4.69, 9.17) is 0 Å². The van der Waals surface area contributed by atoms with Crippen molar-refractivity contribution in [1.82, 2.24) is 5.32 Å². The predicted molar refractivity (Wildman–Crippen MR) is 62.9 cm³/mol. The van der Waals surface area contributed by atoms with Gasteiger partial charge in [0, 0.05) is 18.7 Å². The van der Waals surface area contributed by atoms with E-state index in [0.717, 1.165) is 6.07 Å². The van der Waals surface area contributed by atoms with Crippen molar-refractivity contribution in [1.29, 1.82) is 0 Å². The number of hydrogen-bond acceptors (Lipinski definition) is 2. The Balaban J connectivity index is 2.93. The molecule has 2 nitrogen and oxygen atoms in total. The summed E-state index contributed by atoms with van der Waals surface area (Å²) < 4.78 is 26.2. The van der Waals surface area contributed by atoms with Gasteiger partial charge in [0.15, 0.2) is 0 Å². The highest BCUT2D eigenvalue weighted by atomic mass is 19.1. The van der Waals surface area contributed by atoms with E-state index in [1.165, 1.54) is 19.1 Å². The summed E-state index contributed by atoms with van der Waals surface area (Å²) in [6, 6.07) is 3.43. The summed E-state index contributed by atoms with van der Waals surface area (Å²) in [7, 11) is 0. The average Bonchev–Trinajstić information content (AvgIpc) is 2.14. The topological polar surface area (TPSA) is 29.1 Å². The van der Waals surface area contributed by atoms with Crippen molar-refractivity contribution in [2.45, 2.75) is 32.7 Å². The largest absolute Gasteiger partial charge is 0.313 e. The van der Waals surface area contributed by atoms with E-state index < -0.39 is 17.6 Å². The lowest BCUT2D eigenvalue weighted by Crippen LogP contribution is -2.30. The average molecular weight is 241 g/mol. The Bertz CT molecular complexity index is 384. The van der Waals surface area contributed by atoms with Crippen molar-refractivity contribution in [3.05, 3.63) is 35.4 Å². The van der Waals surface area contributed by atoms with Crippen LogP contribution in [0.5, 0.6) is 0 Å². The molecule has 4 heteroatoms. The van der Waals surface area contributed by atoms with E-state index in [2.05, 4.69) is 5.32 Å². The van der Waals surface area contributed by atoms with Crippen LogP contribution in [0.1, 0.15) is 32.3 Å². The number of halogens is 2. The summed E-state index contributed by atoms with van der Waals surface area (Å²) in [4.78, 5) is 11.5. The maximum Gasteiger partial charge on any atom is 0.138 e. The zero-order chi connectivity index (χ0) is 13.0. The number of rotatable bonds is 5. The smallest absolute Gasteiger partial charge is 0.138 e. The molecule has 0 saturated heterocycles. The van der Waals surface area contributed by atoms with Crippen LogP contribution in [0, 0.1) is 11.6 Å². The van der Waals surface area contributed by atoms with Crippen molar-refractivity contribution in [2.24, 2.45) is 0 Å². The monoisotopic (exact) mass is 241 g/mol. The molecule has 0 amide bonds. The first kappa shape index (κ1) is 13.8. The van der Waals surface area contributed by atoms with Crippen molar-refractivity contribution < 1.29 is 13.6 Å². The second-order valence-electron chi connectivity index (χ2n) is 4.43. The molecule has 0 aliphatic carbocycles. The Labute approximate surface area is 100 Å². The van der Waals surface area contributed by atoms with Crippen LogP contribution in [-0.4, -0.2) is 18.4 Å². The third-order valence-electron chi connectivity index (χ3n) is 2.51. The standard InChI is InChI=1S/C13H17F2NO/c1-8(2)16-7-13(9(3)17)10-4-11(14)6-12(15)5-10/h4-6,8,13,16H,7H2,1-3H3/t13-/m0/s1. The lowest BCUT2D eigenvalue weighted by Gasteiger charge is -2.17. The van der Waals surface area contributed by atoms with E-state index in [-0.39, 0.29) is 11.8 Å². The summed E-state index contributed by atoms with van der Waals surface area (Å²) in [5.41, 5.74) is 0.378. The number of ketones is 1. The maximum atomic E-state index is 13.1. The molecule has 0 fully saturated rings. The zero-order valence-corrected chi connectivity index (χ0v) is 10.3. The molecular formula is C13H17F2NO. The first-order chi connectivity index (χ1) is 7.90. The van der Waals surface area contributed by atoms with Crippen molar-refractivity contribution in [3.63, 3.8) is 0 Å². The summed E-state index contributed by atoms with van der Waals surface area (Å²) in [6.45, 7) is 5.71. The zero-order valence-electron chi connectivity index (χ0n) is 10.3. The predicted octanol–water partition coefficient (Wildman–Crippen LogP) is 2.64. The number of carbonyl (C=O) groups is 1. The SMILES string of the molecule is CC(=O)[C@H](CNC(C)C)c1cc(F)cc(F)c1. The molecule has 1 aromatic carbocycles. The number of nitrogens with one attached hydrogen (secondary N) is 1. The molecule has 0 heterocycles. The highest BCUT2D eigenvalue weighted by molar-refractivity contribution is 5.83. The van der Waals surface area contributed by atoms with Gasteiger partial charge in [0.25, 0.3) is 0 Å². The fourth-order valence-electron chi connectivity index (χ4n) is 1.63. The molecule has 0 aliphatic rings. The number of hydrogen-bond donors (Lipinski definition) is 1. The van der Waals surface area contributed by atoms with Gasteiger partial charge in [-0.2, -0.15) is 0 Å². The van der Waals surface area contributed by atoms with Gasteiger partial charge in [-0.15, -0.1) is 0 Å². The van der Waals surface area contributed by atoms with Crippen LogP contribution in [0.25, 0.3) is 0 Å². The summed E-state index contributed by atoms with van der Waals surface area (Å²) in [5.74, 6) is -1.93. The van der Waals surface area contributed by atoms with Gasteiger partial charge < -0.3 is 5.32 Å². The Morgan fingerprint density at radius 2 is 1.76 bits per heavy atom. The molecule has 0 bridgehead atoms. The second-order valence-corrected chi connectivity index (χ2v) is 4.43. The van der Waals surface area contributed by atoms with Gasteiger partial charge in [-0.25, -0.2) is 8.78 Å². The van der Waals surface area contributed by atoms with Crippen molar-refractivity contribution >= 4 is 5.78 Å². The minimum Gasteiger partial charge on any atom is -0.313 e. The Morgan fingerprint density at radius 3 is 2.18 bits per heavy atom. The quantitative estimate of drug-likeness (QED) is 0.858. The molecule has 1 N–H and O–H groups in total. The van der Waals surface area contributed by atoms with Crippen LogP contribution in [-0.2, 0) is 4.79 Å². The minimum atomic E-state index is -0.657. The Morgan fingerprint density at radius 1 is 1.24 bits per heavy atom. The summed E-state index contributed by atoms with van der Waals surface area (Å²) in [5, 5.41) is 3.10. The third-order valence-corrected chi connectivity index (χ3v) is 2.51. The highest BCUT2D eigenvalue weighted by Crippen LogP contribution is 2.19. The highest BCUT2D eigenvalue weighted by Gasteiger charge is 2.18. The van der Waals surface area contributed by atoms with Gasteiger partial charge in [-0.05, 0) is 24.6 Å².